The predicted molar refractivity (Wildman–Crippen MR) is 56.6 cm³/mol. The minimum Gasteiger partial charge on any atom is -0.493 e. The fraction of sp³-hybridized carbons (Fsp3) is 0.182. The van der Waals surface area contributed by atoms with Gasteiger partial charge in [0, 0.05) is 0 Å². The molecule has 5 nitrogen and oxygen atoms in total. The fourth-order valence-corrected chi connectivity index (χ4v) is 1.27. The molecule has 1 aromatic carbocycles. The molecule has 0 aliphatic rings. The minimum atomic E-state index is 0.476. The molecule has 83 valence electrons. The first kappa shape index (κ1) is 10.4. The van der Waals surface area contributed by atoms with E-state index < -0.39 is 0 Å². The lowest BCUT2D eigenvalue weighted by molar-refractivity contribution is 0.163. The molecule has 0 aliphatic carbocycles. The third-order valence-corrected chi connectivity index (χ3v) is 2.00. The molecule has 0 bridgehead atoms. The van der Waals surface area contributed by atoms with Gasteiger partial charge >= 0.3 is 0 Å². The third-order valence-electron chi connectivity index (χ3n) is 2.00. The molecule has 0 saturated heterocycles. The molecule has 0 N–H and O–H groups in total. The monoisotopic (exact) mass is 219 g/mol. The number of rotatable bonds is 4. The SMILES string of the molecule is COc1cccc(OC)c1On1cc[c]n1. The highest BCUT2D eigenvalue weighted by molar-refractivity contribution is 5.50. The molecule has 0 unspecified atom stereocenters. The van der Waals surface area contributed by atoms with Gasteiger partial charge in [-0.1, -0.05) is 10.9 Å². The van der Waals surface area contributed by atoms with Crippen molar-refractivity contribution in [1.29, 1.82) is 0 Å². The van der Waals surface area contributed by atoms with E-state index in [1.165, 1.54) is 4.85 Å². The average molecular weight is 219 g/mol. The van der Waals surface area contributed by atoms with Crippen LogP contribution in [0, 0.1) is 6.20 Å². The quantitative estimate of drug-likeness (QED) is 0.782. The summed E-state index contributed by atoms with van der Waals surface area (Å²) >= 11 is 0. The molecule has 16 heavy (non-hydrogen) atoms. The van der Waals surface area contributed by atoms with Crippen molar-refractivity contribution < 1.29 is 14.3 Å². The Balaban J connectivity index is 2.37. The highest BCUT2D eigenvalue weighted by Gasteiger charge is 2.12. The Morgan fingerprint density at radius 2 is 1.88 bits per heavy atom. The van der Waals surface area contributed by atoms with Gasteiger partial charge in [0.25, 0.3) is 0 Å². The first-order valence-corrected chi connectivity index (χ1v) is 4.66. The fourth-order valence-electron chi connectivity index (χ4n) is 1.27. The standard InChI is InChI=1S/C11H11N2O3/c1-14-9-5-3-6-10(15-2)11(9)16-13-8-4-7-12-13/h3-6,8H,1-2H3. The Labute approximate surface area is 93.1 Å². The van der Waals surface area contributed by atoms with E-state index in [1.807, 2.05) is 6.07 Å². The summed E-state index contributed by atoms with van der Waals surface area (Å²) < 4.78 is 10.4. The van der Waals surface area contributed by atoms with Gasteiger partial charge in [-0.05, 0) is 18.2 Å². The van der Waals surface area contributed by atoms with Crippen LogP contribution >= 0.6 is 0 Å². The molecule has 1 heterocycles. The van der Waals surface area contributed by atoms with Crippen LogP contribution in [0.25, 0.3) is 0 Å². The second kappa shape index (κ2) is 4.57. The second-order valence-electron chi connectivity index (χ2n) is 2.93. The number of hydrogen-bond acceptors (Lipinski definition) is 4. The van der Waals surface area contributed by atoms with E-state index in [4.69, 9.17) is 14.3 Å². The maximum Gasteiger partial charge on any atom is 0.241 e. The summed E-state index contributed by atoms with van der Waals surface area (Å²) in [6.45, 7) is 0. The molecular weight excluding hydrogens is 208 g/mol. The van der Waals surface area contributed by atoms with E-state index in [0.717, 1.165) is 0 Å². The van der Waals surface area contributed by atoms with Crippen molar-refractivity contribution in [1.82, 2.24) is 9.94 Å². The van der Waals surface area contributed by atoms with Gasteiger partial charge in [-0.15, -0.1) is 5.10 Å². The predicted octanol–water partition coefficient (Wildman–Crippen LogP) is 1.54. The van der Waals surface area contributed by atoms with Crippen LogP contribution in [0.3, 0.4) is 0 Å². The molecular formula is C11H11N2O3. The maximum atomic E-state index is 5.49. The number of aromatic nitrogens is 2. The summed E-state index contributed by atoms with van der Waals surface area (Å²) in [6, 6.07) is 7.03. The van der Waals surface area contributed by atoms with E-state index in [2.05, 4.69) is 11.3 Å². The van der Waals surface area contributed by atoms with Crippen LogP contribution in [0.1, 0.15) is 0 Å². The molecule has 0 aliphatic heterocycles. The van der Waals surface area contributed by atoms with Gasteiger partial charge < -0.3 is 14.3 Å². The lowest BCUT2D eigenvalue weighted by Crippen LogP contribution is -2.07. The van der Waals surface area contributed by atoms with E-state index in [0.29, 0.717) is 17.2 Å². The van der Waals surface area contributed by atoms with Gasteiger partial charge in [-0.2, -0.15) is 0 Å². The highest BCUT2D eigenvalue weighted by atomic mass is 16.7. The number of benzene rings is 1. The van der Waals surface area contributed by atoms with Crippen molar-refractivity contribution in [3.63, 3.8) is 0 Å². The zero-order valence-corrected chi connectivity index (χ0v) is 9.01. The zero-order chi connectivity index (χ0) is 11.4. The molecule has 5 heteroatoms. The van der Waals surface area contributed by atoms with E-state index in [9.17, 15) is 0 Å². The lowest BCUT2D eigenvalue weighted by Gasteiger charge is -2.12. The summed E-state index contributed by atoms with van der Waals surface area (Å²) in [6.07, 6.45) is 4.26. The molecule has 1 radical (unpaired) electrons. The van der Waals surface area contributed by atoms with Crippen molar-refractivity contribution in [3.05, 3.63) is 36.7 Å². The van der Waals surface area contributed by atoms with Crippen LogP contribution < -0.4 is 14.3 Å². The van der Waals surface area contributed by atoms with Crippen molar-refractivity contribution in [2.75, 3.05) is 14.2 Å². The molecule has 2 aromatic rings. The number of para-hydroxylation sites is 1. The summed E-state index contributed by atoms with van der Waals surface area (Å²) in [4.78, 5) is 6.76. The van der Waals surface area contributed by atoms with Crippen molar-refractivity contribution in [2.24, 2.45) is 0 Å². The summed E-state index contributed by atoms with van der Waals surface area (Å²) in [5.74, 6) is 1.63. The molecule has 0 fully saturated rings. The van der Waals surface area contributed by atoms with Gasteiger partial charge in [0.2, 0.25) is 5.75 Å². The molecule has 1 aromatic heterocycles. The van der Waals surface area contributed by atoms with Gasteiger partial charge in [0.15, 0.2) is 11.5 Å². The lowest BCUT2D eigenvalue weighted by atomic mass is 10.3. The normalized spacial score (nSPS) is 9.88. The van der Waals surface area contributed by atoms with E-state index >= 15 is 0 Å². The van der Waals surface area contributed by atoms with Crippen LogP contribution in [0.2, 0.25) is 0 Å². The Bertz CT molecular complexity index is 432. The summed E-state index contributed by atoms with van der Waals surface area (Å²) in [5.41, 5.74) is 0. The minimum absolute atomic E-state index is 0.476. The van der Waals surface area contributed by atoms with Crippen molar-refractivity contribution in [3.8, 4) is 17.2 Å². The van der Waals surface area contributed by atoms with Crippen LogP contribution in [0.15, 0.2) is 30.5 Å². The first-order valence-electron chi connectivity index (χ1n) is 4.66. The van der Waals surface area contributed by atoms with Crippen LogP contribution in [-0.4, -0.2) is 24.2 Å². The van der Waals surface area contributed by atoms with Crippen molar-refractivity contribution in [2.45, 2.75) is 0 Å². The van der Waals surface area contributed by atoms with E-state index in [-0.39, 0.29) is 0 Å². The topological polar surface area (TPSA) is 45.5 Å². The Kier molecular flexibility index (Phi) is 2.95. The first-order chi connectivity index (χ1) is 7.85. The summed E-state index contributed by atoms with van der Waals surface area (Å²) in [5, 5.41) is 3.82. The summed E-state index contributed by atoms with van der Waals surface area (Å²) in [7, 11) is 3.13. The molecule has 0 saturated carbocycles. The second-order valence-corrected chi connectivity index (χ2v) is 2.93. The maximum absolute atomic E-state index is 5.49. The van der Waals surface area contributed by atoms with E-state index in [1.54, 1.807) is 38.6 Å². The zero-order valence-electron chi connectivity index (χ0n) is 9.01. The van der Waals surface area contributed by atoms with Crippen molar-refractivity contribution >= 4 is 0 Å². The van der Waals surface area contributed by atoms with Gasteiger partial charge in [-0.3, -0.25) is 0 Å². The van der Waals surface area contributed by atoms with Crippen LogP contribution in [-0.2, 0) is 0 Å². The number of hydrogen-bond donors (Lipinski definition) is 0. The van der Waals surface area contributed by atoms with Crippen LogP contribution in [0.4, 0.5) is 0 Å². The molecule has 0 amide bonds. The molecule has 2 rings (SSSR count). The Hall–Kier alpha value is -2.17. The Morgan fingerprint density at radius 1 is 1.19 bits per heavy atom. The number of methoxy groups -OCH3 is 2. The number of ether oxygens (including phenoxy) is 2. The average Bonchev–Trinajstić information content (AvgIpc) is 2.82. The smallest absolute Gasteiger partial charge is 0.241 e. The van der Waals surface area contributed by atoms with Gasteiger partial charge in [0.05, 0.1) is 20.4 Å². The van der Waals surface area contributed by atoms with Gasteiger partial charge in [-0.25, -0.2) is 0 Å². The highest BCUT2D eigenvalue weighted by Crippen LogP contribution is 2.36. The molecule has 0 atom stereocenters. The largest absolute Gasteiger partial charge is 0.493 e. The Morgan fingerprint density at radius 3 is 2.38 bits per heavy atom. The molecule has 0 spiro atoms. The van der Waals surface area contributed by atoms with Crippen LogP contribution in [0.5, 0.6) is 17.2 Å². The third kappa shape index (κ3) is 1.93. The van der Waals surface area contributed by atoms with Gasteiger partial charge in [0.1, 0.15) is 6.20 Å². The number of nitrogens with zero attached hydrogens (tertiary/aromatic N) is 2.